The molecule has 0 aliphatic heterocycles. The minimum Gasteiger partial charge on any atom is -0.333 e. The van der Waals surface area contributed by atoms with Gasteiger partial charge in [0.15, 0.2) is 0 Å². The fourth-order valence-electron chi connectivity index (χ4n) is 0.749. The van der Waals surface area contributed by atoms with Gasteiger partial charge in [-0.25, -0.2) is 0 Å². The van der Waals surface area contributed by atoms with Gasteiger partial charge in [-0.1, -0.05) is 19.1 Å². The van der Waals surface area contributed by atoms with E-state index in [1.165, 1.54) is 0 Å². The summed E-state index contributed by atoms with van der Waals surface area (Å²) in [6.45, 7) is 2.20. The van der Waals surface area contributed by atoms with Crippen LogP contribution in [0.4, 0.5) is 0 Å². The Morgan fingerprint density at radius 2 is 1.83 bits per heavy atom. The van der Waals surface area contributed by atoms with Crippen LogP contribution in [0.15, 0.2) is 12.2 Å². The Balaban J connectivity index is 3.23. The molecule has 3 nitrogen and oxygen atoms in total. The molecule has 0 bridgehead atoms. The minimum absolute atomic E-state index is 0.528. The van der Waals surface area contributed by atoms with Crippen molar-refractivity contribution in [1.29, 1.82) is 0 Å². The topological polar surface area (TPSA) is 27.7 Å². The molecule has 0 aromatic carbocycles. The molecule has 0 saturated heterocycles. The molecule has 0 amide bonds. The lowest BCUT2D eigenvalue weighted by atomic mass is 10.3. The van der Waals surface area contributed by atoms with Gasteiger partial charge in [-0.15, -0.1) is 0 Å². The second-order valence-electron chi connectivity index (χ2n) is 2.30. The van der Waals surface area contributed by atoms with E-state index in [2.05, 4.69) is 19.1 Å². The van der Waals surface area contributed by atoms with Gasteiger partial charge in [-0.2, -0.15) is 0 Å². The third-order valence-electron chi connectivity index (χ3n) is 1.33. The van der Waals surface area contributed by atoms with Crippen LogP contribution in [0.1, 0.15) is 19.8 Å². The molecule has 0 heterocycles. The third-order valence-corrected chi connectivity index (χ3v) is 1.33. The fraction of sp³-hybridized carbons (Fsp3) is 0.778. The molecule has 12 heavy (non-hydrogen) atoms. The van der Waals surface area contributed by atoms with Crippen LogP contribution in [0, 0.1) is 0 Å². The SMILES string of the molecule is CC/C=C\CCOC(OC)OC. The van der Waals surface area contributed by atoms with E-state index in [9.17, 15) is 0 Å². The molecule has 0 fully saturated rings. The van der Waals surface area contributed by atoms with E-state index in [-0.39, 0.29) is 0 Å². The Morgan fingerprint density at radius 3 is 2.33 bits per heavy atom. The summed E-state index contributed by atoms with van der Waals surface area (Å²) in [6.07, 6.45) is 6.16. The first-order valence-corrected chi connectivity index (χ1v) is 4.17. The van der Waals surface area contributed by atoms with Crippen LogP contribution >= 0.6 is 0 Å². The average molecular weight is 174 g/mol. The summed E-state index contributed by atoms with van der Waals surface area (Å²) in [7, 11) is 3.10. The first-order valence-electron chi connectivity index (χ1n) is 4.17. The van der Waals surface area contributed by atoms with Crippen molar-refractivity contribution in [3.63, 3.8) is 0 Å². The zero-order valence-corrected chi connectivity index (χ0v) is 8.08. The van der Waals surface area contributed by atoms with E-state index in [4.69, 9.17) is 14.2 Å². The molecule has 0 atom stereocenters. The quantitative estimate of drug-likeness (QED) is 0.335. The molecule has 0 aromatic heterocycles. The lowest BCUT2D eigenvalue weighted by molar-refractivity contribution is -0.264. The van der Waals surface area contributed by atoms with Crippen LogP contribution in [0.25, 0.3) is 0 Å². The van der Waals surface area contributed by atoms with Crippen molar-refractivity contribution in [2.75, 3.05) is 20.8 Å². The molecule has 0 saturated carbocycles. The predicted molar refractivity (Wildman–Crippen MR) is 47.8 cm³/mol. The molecule has 3 heteroatoms. The zero-order valence-electron chi connectivity index (χ0n) is 8.08. The van der Waals surface area contributed by atoms with Crippen LogP contribution in [0.5, 0.6) is 0 Å². The maximum atomic E-state index is 5.19. The molecular weight excluding hydrogens is 156 g/mol. The largest absolute Gasteiger partial charge is 0.333 e. The van der Waals surface area contributed by atoms with Crippen LogP contribution < -0.4 is 0 Å². The smallest absolute Gasteiger partial charge is 0.271 e. The summed E-state index contributed by atoms with van der Waals surface area (Å²) in [5, 5.41) is 0. The Hall–Kier alpha value is -0.380. The highest BCUT2D eigenvalue weighted by Gasteiger charge is 2.01. The highest BCUT2D eigenvalue weighted by Crippen LogP contribution is 1.95. The number of hydrogen-bond donors (Lipinski definition) is 0. The number of methoxy groups -OCH3 is 2. The van der Waals surface area contributed by atoms with Crippen molar-refractivity contribution in [1.82, 2.24) is 0 Å². The zero-order chi connectivity index (χ0) is 9.23. The van der Waals surface area contributed by atoms with E-state index >= 15 is 0 Å². The first-order chi connectivity index (χ1) is 5.85. The normalized spacial score (nSPS) is 11.7. The van der Waals surface area contributed by atoms with E-state index in [0.717, 1.165) is 12.8 Å². The van der Waals surface area contributed by atoms with Crippen molar-refractivity contribution in [3.05, 3.63) is 12.2 Å². The molecule has 0 unspecified atom stereocenters. The van der Waals surface area contributed by atoms with E-state index < -0.39 is 6.48 Å². The standard InChI is InChI=1S/C9H18O3/c1-4-5-6-7-8-12-9(10-2)11-3/h5-6,9H,4,7-8H2,1-3H3/b6-5-. The van der Waals surface area contributed by atoms with Gasteiger partial charge < -0.3 is 14.2 Å². The monoisotopic (exact) mass is 174 g/mol. The maximum Gasteiger partial charge on any atom is 0.271 e. The van der Waals surface area contributed by atoms with Gasteiger partial charge >= 0.3 is 0 Å². The van der Waals surface area contributed by atoms with E-state index in [0.29, 0.717) is 6.61 Å². The van der Waals surface area contributed by atoms with Crippen LogP contribution in [-0.4, -0.2) is 27.3 Å². The first kappa shape index (κ1) is 11.6. The Morgan fingerprint density at radius 1 is 1.17 bits per heavy atom. The summed E-state index contributed by atoms with van der Waals surface area (Å²) >= 11 is 0. The summed E-state index contributed by atoms with van der Waals surface area (Å²) in [5.41, 5.74) is 0. The van der Waals surface area contributed by atoms with Gasteiger partial charge in [0.2, 0.25) is 0 Å². The molecule has 0 rings (SSSR count). The van der Waals surface area contributed by atoms with Gasteiger partial charge in [0.25, 0.3) is 6.48 Å². The number of hydrogen-bond acceptors (Lipinski definition) is 3. The second kappa shape index (κ2) is 8.71. The van der Waals surface area contributed by atoms with Crippen molar-refractivity contribution in [3.8, 4) is 0 Å². The molecule has 0 spiro atoms. The highest BCUT2D eigenvalue weighted by molar-refractivity contribution is 4.79. The van der Waals surface area contributed by atoms with Gasteiger partial charge in [0, 0.05) is 14.2 Å². The van der Waals surface area contributed by atoms with Crippen LogP contribution in [0.3, 0.4) is 0 Å². The van der Waals surface area contributed by atoms with Gasteiger partial charge in [-0.05, 0) is 12.8 Å². The van der Waals surface area contributed by atoms with Gasteiger partial charge in [0.05, 0.1) is 6.61 Å². The molecule has 0 N–H and O–H groups in total. The summed E-state index contributed by atoms with van der Waals surface area (Å²) < 4.78 is 14.9. The summed E-state index contributed by atoms with van der Waals surface area (Å²) in [5.74, 6) is 0. The maximum absolute atomic E-state index is 5.19. The van der Waals surface area contributed by atoms with Crippen molar-refractivity contribution >= 4 is 0 Å². The lowest BCUT2D eigenvalue weighted by Crippen LogP contribution is -2.17. The molecule has 0 aromatic rings. The van der Waals surface area contributed by atoms with Crippen LogP contribution in [-0.2, 0) is 14.2 Å². The second-order valence-corrected chi connectivity index (χ2v) is 2.30. The van der Waals surface area contributed by atoms with E-state index in [1.807, 2.05) is 0 Å². The average Bonchev–Trinajstić information content (AvgIpc) is 2.11. The molecule has 0 aliphatic carbocycles. The summed E-state index contributed by atoms with van der Waals surface area (Å²) in [6, 6.07) is 0. The molecular formula is C9H18O3. The summed E-state index contributed by atoms with van der Waals surface area (Å²) in [4.78, 5) is 0. The minimum atomic E-state index is -0.528. The van der Waals surface area contributed by atoms with Gasteiger partial charge in [-0.3, -0.25) is 0 Å². The van der Waals surface area contributed by atoms with Crippen LogP contribution in [0.2, 0.25) is 0 Å². The predicted octanol–water partition coefficient (Wildman–Crippen LogP) is 1.94. The van der Waals surface area contributed by atoms with Crippen molar-refractivity contribution < 1.29 is 14.2 Å². The highest BCUT2D eigenvalue weighted by atomic mass is 16.8. The van der Waals surface area contributed by atoms with E-state index in [1.54, 1.807) is 14.2 Å². The Labute approximate surface area is 74.3 Å². The van der Waals surface area contributed by atoms with Gasteiger partial charge in [0.1, 0.15) is 0 Å². The molecule has 0 aliphatic rings. The number of ether oxygens (including phenoxy) is 3. The van der Waals surface area contributed by atoms with Crippen molar-refractivity contribution in [2.45, 2.75) is 26.2 Å². The number of rotatable bonds is 7. The lowest BCUT2D eigenvalue weighted by Gasteiger charge is -2.12. The van der Waals surface area contributed by atoms with Crippen molar-refractivity contribution in [2.24, 2.45) is 0 Å². The third kappa shape index (κ3) is 6.34. The number of allylic oxidation sites excluding steroid dienone is 1. The Kier molecular flexibility index (Phi) is 8.44. The Bertz CT molecular complexity index is 108. The fourth-order valence-corrected chi connectivity index (χ4v) is 0.749. The molecule has 72 valence electrons. The molecule has 0 radical (unpaired) electrons.